The number of benzene rings is 3. The van der Waals surface area contributed by atoms with Gasteiger partial charge in [-0.1, -0.05) is 65.8 Å². The second kappa shape index (κ2) is 7.08. The molecular weight excluding hydrogens is 368 g/mol. The lowest BCUT2D eigenvalue weighted by Gasteiger charge is -2.16. The average Bonchev–Trinajstić information content (AvgIpc) is 3.03. The summed E-state index contributed by atoms with van der Waals surface area (Å²) >= 11 is 9.50. The highest BCUT2D eigenvalue weighted by molar-refractivity contribution is 8.01. The number of thioether (sulfide) groups is 1. The number of anilines is 1. The summed E-state index contributed by atoms with van der Waals surface area (Å²) < 4.78 is 2.15. The Balaban J connectivity index is 1.73. The lowest BCUT2D eigenvalue weighted by atomic mass is 10.0. The Morgan fingerprint density at radius 3 is 2.40 bits per heavy atom. The maximum absolute atomic E-state index is 6.06. The summed E-state index contributed by atoms with van der Waals surface area (Å²) in [7, 11) is 0. The molecule has 0 saturated heterocycles. The maximum Gasteiger partial charge on any atom is 0.152 e. The van der Waals surface area contributed by atoms with Crippen molar-refractivity contribution in [3.05, 3.63) is 88.9 Å². The first-order valence-corrected chi connectivity index (χ1v) is 9.89. The van der Waals surface area contributed by atoms with Crippen molar-refractivity contribution in [3.8, 4) is 0 Å². The summed E-state index contributed by atoms with van der Waals surface area (Å²) in [4.78, 5) is 4.76. The molecule has 0 saturated carbocycles. The van der Waals surface area contributed by atoms with E-state index in [4.69, 9.17) is 22.3 Å². The van der Waals surface area contributed by atoms with Crippen LogP contribution in [0.1, 0.15) is 16.4 Å². The van der Waals surface area contributed by atoms with Crippen LogP contribution in [0.2, 0.25) is 5.02 Å². The Bertz CT molecular complexity index is 997. The first-order chi connectivity index (χ1) is 12.2. The molecule has 2 nitrogen and oxygen atoms in total. The fraction of sp³-hybridized carbons (Fsp3) is 0.0500. The first-order valence-electron chi connectivity index (χ1n) is 7.82. The van der Waals surface area contributed by atoms with E-state index in [9.17, 15) is 0 Å². The summed E-state index contributed by atoms with van der Waals surface area (Å²) in [6, 6.07) is 24.4. The quantitative estimate of drug-likeness (QED) is 0.327. The molecule has 4 rings (SSSR count). The molecule has 4 aromatic rings. The van der Waals surface area contributed by atoms with Crippen LogP contribution in [0.4, 0.5) is 5.69 Å². The second-order valence-corrected chi connectivity index (χ2v) is 8.49. The molecule has 0 aliphatic rings. The molecule has 0 unspecified atom stereocenters. The van der Waals surface area contributed by atoms with Gasteiger partial charge in [-0.25, -0.2) is 4.98 Å². The van der Waals surface area contributed by atoms with Crippen LogP contribution in [0.25, 0.3) is 10.2 Å². The Morgan fingerprint density at radius 2 is 1.64 bits per heavy atom. The number of nitrogens with zero attached hydrogens (tertiary/aromatic N) is 1. The standard InChI is InChI=1S/C20H15ClN2S2/c21-15-8-6-14(7-9-15)19(13-4-2-1-3-5-13)25-20-23-17-11-10-16(22)12-18(17)24-20/h1-12,19H,22H2/t19-/m1/s1. The molecule has 0 bridgehead atoms. The Morgan fingerprint density at radius 1 is 0.920 bits per heavy atom. The van der Waals surface area contributed by atoms with Gasteiger partial charge in [0.2, 0.25) is 0 Å². The molecule has 0 spiro atoms. The third-order valence-corrected chi connectivity index (χ3v) is 6.56. The van der Waals surface area contributed by atoms with Crippen LogP contribution in [0.3, 0.4) is 0 Å². The minimum absolute atomic E-state index is 0.163. The number of rotatable bonds is 4. The van der Waals surface area contributed by atoms with Gasteiger partial charge in [-0.05, 0) is 41.5 Å². The van der Waals surface area contributed by atoms with E-state index in [1.807, 2.05) is 36.4 Å². The minimum Gasteiger partial charge on any atom is -0.399 e. The van der Waals surface area contributed by atoms with Crippen molar-refractivity contribution >= 4 is 50.6 Å². The number of fused-ring (bicyclic) bond motifs is 1. The molecule has 0 aliphatic heterocycles. The largest absolute Gasteiger partial charge is 0.399 e. The predicted molar refractivity (Wildman–Crippen MR) is 110 cm³/mol. The summed E-state index contributed by atoms with van der Waals surface area (Å²) in [5.74, 6) is 0. The van der Waals surface area contributed by atoms with E-state index in [2.05, 4.69) is 36.4 Å². The number of hydrogen-bond donors (Lipinski definition) is 1. The lowest BCUT2D eigenvalue weighted by molar-refractivity contribution is 1.14. The van der Waals surface area contributed by atoms with Gasteiger partial charge in [0.25, 0.3) is 0 Å². The van der Waals surface area contributed by atoms with Crippen LogP contribution >= 0.6 is 34.7 Å². The number of hydrogen-bond acceptors (Lipinski definition) is 4. The fourth-order valence-corrected chi connectivity index (χ4v) is 5.23. The highest BCUT2D eigenvalue weighted by atomic mass is 35.5. The molecule has 1 atom stereocenters. The van der Waals surface area contributed by atoms with Gasteiger partial charge in [0, 0.05) is 10.7 Å². The van der Waals surface area contributed by atoms with Crippen LogP contribution < -0.4 is 5.73 Å². The van der Waals surface area contributed by atoms with Crippen molar-refractivity contribution in [2.75, 3.05) is 5.73 Å². The molecular formula is C20H15ClN2S2. The van der Waals surface area contributed by atoms with Gasteiger partial charge in [-0.2, -0.15) is 0 Å². The number of thiazole rings is 1. The van der Waals surface area contributed by atoms with Crippen molar-refractivity contribution < 1.29 is 0 Å². The van der Waals surface area contributed by atoms with Gasteiger partial charge in [0.05, 0.1) is 15.5 Å². The van der Waals surface area contributed by atoms with E-state index in [0.29, 0.717) is 0 Å². The van der Waals surface area contributed by atoms with Gasteiger partial charge in [0.1, 0.15) is 0 Å². The third-order valence-electron chi connectivity index (χ3n) is 3.89. The fourth-order valence-electron chi connectivity index (χ4n) is 2.67. The molecule has 5 heteroatoms. The molecule has 0 aliphatic carbocycles. The average molecular weight is 383 g/mol. The molecule has 2 N–H and O–H groups in total. The van der Waals surface area contributed by atoms with E-state index in [1.165, 1.54) is 11.1 Å². The van der Waals surface area contributed by atoms with Crippen LogP contribution in [0, 0.1) is 0 Å². The topological polar surface area (TPSA) is 38.9 Å². The van der Waals surface area contributed by atoms with E-state index in [-0.39, 0.29) is 5.25 Å². The zero-order valence-electron chi connectivity index (χ0n) is 13.2. The number of aromatic nitrogens is 1. The highest BCUT2D eigenvalue weighted by Gasteiger charge is 2.18. The Hall–Kier alpha value is -2.01. The zero-order chi connectivity index (χ0) is 17.2. The van der Waals surface area contributed by atoms with Crippen molar-refractivity contribution in [1.29, 1.82) is 0 Å². The molecule has 0 fully saturated rings. The number of halogens is 1. The van der Waals surface area contributed by atoms with Crippen LogP contribution in [0.5, 0.6) is 0 Å². The molecule has 1 heterocycles. The van der Waals surface area contributed by atoms with Gasteiger partial charge in [0.15, 0.2) is 4.34 Å². The highest BCUT2D eigenvalue weighted by Crippen LogP contribution is 2.43. The van der Waals surface area contributed by atoms with Gasteiger partial charge < -0.3 is 5.73 Å². The molecule has 0 radical (unpaired) electrons. The number of nitrogen functional groups attached to an aromatic ring is 1. The third kappa shape index (κ3) is 3.66. The van der Waals surface area contributed by atoms with E-state index >= 15 is 0 Å². The van der Waals surface area contributed by atoms with E-state index in [0.717, 1.165) is 25.3 Å². The van der Waals surface area contributed by atoms with Gasteiger partial charge in [-0.3, -0.25) is 0 Å². The van der Waals surface area contributed by atoms with Crippen molar-refractivity contribution in [2.45, 2.75) is 9.59 Å². The first kappa shape index (κ1) is 16.5. The lowest BCUT2D eigenvalue weighted by Crippen LogP contribution is -1.96. The summed E-state index contributed by atoms with van der Waals surface area (Å²) in [6.07, 6.45) is 0. The summed E-state index contributed by atoms with van der Waals surface area (Å²) in [5, 5.41) is 0.910. The van der Waals surface area contributed by atoms with Crippen molar-refractivity contribution in [1.82, 2.24) is 4.98 Å². The summed E-state index contributed by atoms with van der Waals surface area (Å²) in [5.41, 5.74) is 10.1. The van der Waals surface area contributed by atoms with Gasteiger partial charge >= 0.3 is 0 Å². The Kier molecular flexibility index (Phi) is 4.66. The normalized spacial score (nSPS) is 12.4. The molecule has 3 aromatic carbocycles. The summed E-state index contributed by atoms with van der Waals surface area (Å²) in [6.45, 7) is 0. The van der Waals surface area contributed by atoms with Crippen molar-refractivity contribution in [2.24, 2.45) is 0 Å². The second-order valence-electron chi connectivity index (χ2n) is 5.67. The van der Waals surface area contributed by atoms with E-state index < -0.39 is 0 Å². The predicted octanol–water partition coefficient (Wildman–Crippen LogP) is 6.41. The van der Waals surface area contributed by atoms with Crippen LogP contribution in [0.15, 0.2) is 77.1 Å². The monoisotopic (exact) mass is 382 g/mol. The molecule has 25 heavy (non-hydrogen) atoms. The van der Waals surface area contributed by atoms with Gasteiger partial charge in [-0.15, -0.1) is 11.3 Å². The number of nitrogens with two attached hydrogens (primary N) is 1. The molecule has 0 amide bonds. The SMILES string of the molecule is Nc1ccc2nc(S[C@H](c3ccccc3)c3ccc(Cl)cc3)sc2c1. The maximum atomic E-state index is 6.06. The Labute approximate surface area is 159 Å². The van der Waals surface area contributed by atoms with E-state index in [1.54, 1.807) is 23.1 Å². The van der Waals surface area contributed by atoms with Crippen LogP contribution in [-0.4, -0.2) is 4.98 Å². The smallest absolute Gasteiger partial charge is 0.152 e. The minimum atomic E-state index is 0.163. The molecule has 1 aromatic heterocycles. The van der Waals surface area contributed by atoms with Crippen LogP contribution in [-0.2, 0) is 0 Å². The van der Waals surface area contributed by atoms with Crippen molar-refractivity contribution in [3.63, 3.8) is 0 Å². The molecule has 124 valence electrons. The zero-order valence-corrected chi connectivity index (χ0v) is 15.6.